The van der Waals surface area contributed by atoms with Crippen molar-refractivity contribution in [3.05, 3.63) is 48.0 Å². The van der Waals surface area contributed by atoms with E-state index >= 15 is 0 Å². The molecule has 0 aliphatic carbocycles. The first kappa shape index (κ1) is 18.2. The van der Waals surface area contributed by atoms with Crippen molar-refractivity contribution in [2.75, 3.05) is 18.9 Å². The maximum atomic E-state index is 12.5. The highest BCUT2D eigenvalue weighted by atomic mass is 32.2. The molecule has 2 aromatic carbocycles. The molecule has 2 rings (SSSR count). The molecule has 0 aliphatic rings. The van der Waals surface area contributed by atoms with Gasteiger partial charge in [-0.15, -0.1) is 0 Å². The molecule has 0 heterocycles. The SMILES string of the molecule is CNS(=O)(=O)c1ccc(C)c(NS(=O)(=O)c2ccc(OC)cc2)c1. The summed E-state index contributed by atoms with van der Waals surface area (Å²) in [7, 11) is -4.75. The molecule has 7 nitrogen and oxygen atoms in total. The van der Waals surface area contributed by atoms with Crippen LogP contribution >= 0.6 is 0 Å². The molecule has 0 unspecified atom stereocenters. The van der Waals surface area contributed by atoms with Gasteiger partial charge in [0.25, 0.3) is 10.0 Å². The van der Waals surface area contributed by atoms with Gasteiger partial charge in [-0.25, -0.2) is 21.6 Å². The molecule has 0 amide bonds. The zero-order valence-corrected chi connectivity index (χ0v) is 15.0. The van der Waals surface area contributed by atoms with Crippen molar-refractivity contribution in [2.24, 2.45) is 0 Å². The number of hydrogen-bond acceptors (Lipinski definition) is 5. The summed E-state index contributed by atoms with van der Waals surface area (Å²) in [5.74, 6) is 0.534. The Bertz CT molecular complexity index is 936. The number of sulfonamides is 2. The normalized spacial score (nSPS) is 12.0. The van der Waals surface area contributed by atoms with Gasteiger partial charge in [0.2, 0.25) is 10.0 Å². The number of hydrogen-bond donors (Lipinski definition) is 2. The standard InChI is InChI=1S/C15H18N2O5S2/c1-11-4-7-14(23(18,19)16-2)10-15(11)17-24(20,21)13-8-5-12(22-3)6-9-13/h4-10,16-17H,1-3H3. The van der Waals surface area contributed by atoms with E-state index in [1.807, 2.05) is 0 Å². The molecule has 0 radical (unpaired) electrons. The third kappa shape index (κ3) is 3.86. The van der Waals surface area contributed by atoms with Crippen LogP contribution in [0.4, 0.5) is 5.69 Å². The lowest BCUT2D eigenvalue weighted by Crippen LogP contribution is -2.19. The molecule has 0 saturated heterocycles. The fraction of sp³-hybridized carbons (Fsp3) is 0.200. The van der Waals surface area contributed by atoms with Crippen LogP contribution in [0.3, 0.4) is 0 Å². The molecule has 0 fully saturated rings. The largest absolute Gasteiger partial charge is 0.497 e. The van der Waals surface area contributed by atoms with Crippen molar-refractivity contribution in [3.63, 3.8) is 0 Å². The Morgan fingerprint density at radius 3 is 2.00 bits per heavy atom. The van der Waals surface area contributed by atoms with E-state index in [1.54, 1.807) is 6.92 Å². The van der Waals surface area contributed by atoms with Crippen molar-refractivity contribution in [2.45, 2.75) is 16.7 Å². The highest BCUT2D eigenvalue weighted by Crippen LogP contribution is 2.24. The van der Waals surface area contributed by atoms with Gasteiger partial charge in [-0.3, -0.25) is 4.72 Å². The van der Waals surface area contributed by atoms with E-state index in [4.69, 9.17) is 4.74 Å². The highest BCUT2D eigenvalue weighted by Gasteiger charge is 2.18. The van der Waals surface area contributed by atoms with Gasteiger partial charge in [0, 0.05) is 0 Å². The van der Waals surface area contributed by atoms with Crippen LogP contribution in [0, 0.1) is 6.92 Å². The number of benzene rings is 2. The fourth-order valence-corrected chi connectivity index (χ4v) is 3.83. The lowest BCUT2D eigenvalue weighted by molar-refractivity contribution is 0.414. The number of methoxy groups -OCH3 is 1. The van der Waals surface area contributed by atoms with E-state index in [2.05, 4.69) is 9.44 Å². The molecule has 0 atom stereocenters. The van der Waals surface area contributed by atoms with Crippen LogP contribution in [0.2, 0.25) is 0 Å². The van der Waals surface area contributed by atoms with E-state index in [9.17, 15) is 16.8 Å². The molecular weight excluding hydrogens is 352 g/mol. The molecule has 2 aromatic rings. The first-order valence-electron chi connectivity index (χ1n) is 6.90. The molecule has 2 N–H and O–H groups in total. The van der Waals surface area contributed by atoms with Gasteiger partial charge in [0.15, 0.2) is 0 Å². The average molecular weight is 370 g/mol. The molecule has 0 aliphatic heterocycles. The fourth-order valence-electron chi connectivity index (χ4n) is 1.95. The number of rotatable bonds is 6. The minimum Gasteiger partial charge on any atom is -0.497 e. The van der Waals surface area contributed by atoms with Crippen LogP contribution in [0.25, 0.3) is 0 Å². The summed E-state index contributed by atoms with van der Waals surface area (Å²) in [6.45, 7) is 1.68. The lowest BCUT2D eigenvalue weighted by atomic mass is 10.2. The van der Waals surface area contributed by atoms with Gasteiger partial charge in [0.05, 0.1) is 22.6 Å². The second-order valence-corrected chi connectivity index (χ2v) is 8.53. The van der Waals surface area contributed by atoms with Gasteiger partial charge >= 0.3 is 0 Å². The van der Waals surface area contributed by atoms with Crippen LogP contribution in [0.1, 0.15) is 5.56 Å². The average Bonchev–Trinajstić information content (AvgIpc) is 2.56. The summed E-state index contributed by atoms with van der Waals surface area (Å²) in [5, 5.41) is 0. The van der Waals surface area contributed by atoms with Gasteiger partial charge in [-0.05, 0) is 55.9 Å². The molecule has 0 bridgehead atoms. The van der Waals surface area contributed by atoms with E-state index in [-0.39, 0.29) is 15.5 Å². The molecule has 130 valence electrons. The Morgan fingerprint density at radius 2 is 1.46 bits per heavy atom. The third-order valence-electron chi connectivity index (χ3n) is 3.40. The molecule has 0 spiro atoms. The first-order chi connectivity index (χ1) is 11.2. The van der Waals surface area contributed by atoms with Gasteiger partial charge in [-0.2, -0.15) is 0 Å². The van der Waals surface area contributed by atoms with E-state index < -0.39 is 20.0 Å². The molecule has 0 aromatic heterocycles. The Kier molecular flexibility index (Phi) is 5.16. The predicted octanol–water partition coefficient (Wildman–Crippen LogP) is 1.71. The van der Waals surface area contributed by atoms with Crippen LogP contribution in [-0.4, -0.2) is 31.0 Å². The maximum Gasteiger partial charge on any atom is 0.261 e. The van der Waals surface area contributed by atoms with Gasteiger partial charge in [-0.1, -0.05) is 6.07 Å². The first-order valence-corrected chi connectivity index (χ1v) is 9.87. The summed E-state index contributed by atoms with van der Waals surface area (Å²) in [6, 6.07) is 10.1. The van der Waals surface area contributed by atoms with E-state index in [0.717, 1.165) is 0 Å². The Labute approximate surface area is 141 Å². The molecule has 9 heteroatoms. The second-order valence-electron chi connectivity index (χ2n) is 4.97. The van der Waals surface area contributed by atoms with E-state index in [0.29, 0.717) is 11.3 Å². The zero-order chi connectivity index (χ0) is 18.0. The highest BCUT2D eigenvalue weighted by molar-refractivity contribution is 7.92. The van der Waals surface area contributed by atoms with Gasteiger partial charge in [0.1, 0.15) is 5.75 Å². The van der Waals surface area contributed by atoms with Crippen molar-refractivity contribution in [3.8, 4) is 5.75 Å². The molecular formula is C15H18N2O5S2. The Hall–Kier alpha value is -2.10. The number of ether oxygens (including phenoxy) is 1. The minimum absolute atomic E-state index is 0.0250. The van der Waals surface area contributed by atoms with Crippen molar-refractivity contribution in [1.29, 1.82) is 0 Å². The van der Waals surface area contributed by atoms with E-state index in [1.165, 1.54) is 56.6 Å². The maximum absolute atomic E-state index is 12.5. The quantitative estimate of drug-likeness (QED) is 0.806. The topological polar surface area (TPSA) is 102 Å². The van der Waals surface area contributed by atoms with Crippen LogP contribution in [0.15, 0.2) is 52.3 Å². The number of aryl methyl sites for hydroxylation is 1. The zero-order valence-electron chi connectivity index (χ0n) is 13.4. The van der Waals surface area contributed by atoms with Gasteiger partial charge < -0.3 is 4.74 Å². The summed E-state index contributed by atoms with van der Waals surface area (Å²) in [6.07, 6.45) is 0. The smallest absolute Gasteiger partial charge is 0.261 e. The Morgan fingerprint density at radius 1 is 0.875 bits per heavy atom. The van der Waals surface area contributed by atoms with Crippen LogP contribution < -0.4 is 14.2 Å². The number of anilines is 1. The molecule has 24 heavy (non-hydrogen) atoms. The third-order valence-corrected chi connectivity index (χ3v) is 6.20. The minimum atomic E-state index is -3.85. The number of nitrogens with one attached hydrogen (secondary N) is 2. The summed E-state index contributed by atoms with van der Waals surface area (Å²) in [5.41, 5.74) is 0.796. The summed E-state index contributed by atoms with van der Waals surface area (Å²) >= 11 is 0. The second kappa shape index (κ2) is 6.80. The van der Waals surface area contributed by atoms with Crippen LogP contribution in [0.5, 0.6) is 5.75 Å². The summed E-state index contributed by atoms with van der Waals surface area (Å²) in [4.78, 5) is 0.0209. The summed E-state index contributed by atoms with van der Waals surface area (Å²) < 4.78 is 58.3. The Balaban J connectivity index is 2.40. The predicted molar refractivity (Wildman–Crippen MR) is 91.2 cm³/mol. The van der Waals surface area contributed by atoms with Crippen LogP contribution in [-0.2, 0) is 20.0 Å². The molecule has 0 saturated carbocycles. The monoisotopic (exact) mass is 370 g/mol. The van der Waals surface area contributed by atoms with Crippen molar-refractivity contribution >= 4 is 25.7 Å². The van der Waals surface area contributed by atoms with Crippen molar-refractivity contribution in [1.82, 2.24) is 4.72 Å². The van der Waals surface area contributed by atoms with Crippen molar-refractivity contribution < 1.29 is 21.6 Å². The lowest BCUT2D eigenvalue weighted by Gasteiger charge is -2.12.